The summed E-state index contributed by atoms with van der Waals surface area (Å²) in [6.07, 6.45) is 20.0. The third kappa shape index (κ3) is 20.7. The number of ketones is 1. The van der Waals surface area contributed by atoms with Gasteiger partial charge in [-0.05, 0) is 42.9 Å². The molecule has 0 N–H and O–H groups in total. The number of Topliss-reactive ketones (excluding diaryl/α,β-unsaturated/α-hetero) is 1. The Bertz CT molecular complexity index is 373. The molecule has 0 saturated carbocycles. The summed E-state index contributed by atoms with van der Waals surface area (Å²) in [7, 11) is 0. The highest BCUT2D eigenvalue weighted by Crippen LogP contribution is 2.24. The van der Waals surface area contributed by atoms with Crippen LogP contribution in [-0.2, 0) is 4.79 Å². The van der Waals surface area contributed by atoms with Crippen molar-refractivity contribution < 1.29 is 4.79 Å². The molecule has 4 atom stereocenters. The van der Waals surface area contributed by atoms with Crippen molar-refractivity contribution in [3.8, 4) is 0 Å². The van der Waals surface area contributed by atoms with E-state index in [-0.39, 0.29) is 0 Å². The maximum atomic E-state index is 11.0. The Morgan fingerprint density at radius 2 is 0.759 bits per heavy atom. The summed E-state index contributed by atoms with van der Waals surface area (Å²) in [4.78, 5) is 11.0. The van der Waals surface area contributed by atoms with Gasteiger partial charge >= 0.3 is 0 Å². The monoisotopic (exact) mass is 408 g/mol. The lowest BCUT2D eigenvalue weighted by Gasteiger charge is -2.17. The van der Waals surface area contributed by atoms with E-state index >= 15 is 0 Å². The molecule has 0 radical (unpaired) electrons. The van der Waals surface area contributed by atoms with E-state index in [1.807, 2.05) is 0 Å². The van der Waals surface area contributed by atoms with E-state index in [0.717, 1.165) is 42.4 Å². The van der Waals surface area contributed by atoms with E-state index < -0.39 is 0 Å². The van der Waals surface area contributed by atoms with Gasteiger partial charge in [0, 0.05) is 6.42 Å². The van der Waals surface area contributed by atoms with E-state index in [1.54, 1.807) is 6.92 Å². The van der Waals surface area contributed by atoms with Crippen LogP contribution in [0.2, 0.25) is 0 Å². The van der Waals surface area contributed by atoms with Crippen molar-refractivity contribution in [2.45, 2.75) is 145 Å². The van der Waals surface area contributed by atoms with Crippen LogP contribution < -0.4 is 0 Å². The van der Waals surface area contributed by atoms with Crippen LogP contribution in [0.4, 0.5) is 0 Å². The van der Waals surface area contributed by atoms with Crippen LogP contribution in [0.25, 0.3) is 0 Å². The fraction of sp³-hybridized carbons (Fsp3) is 0.964. The topological polar surface area (TPSA) is 17.1 Å². The van der Waals surface area contributed by atoms with Crippen molar-refractivity contribution in [1.82, 2.24) is 0 Å². The van der Waals surface area contributed by atoms with Gasteiger partial charge in [-0.1, -0.05) is 125 Å². The summed E-state index contributed by atoms with van der Waals surface area (Å²) in [6, 6.07) is 0. The molecule has 0 aromatic heterocycles. The standard InChI is InChI=1S/C28H56O/c1-23(2)13-8-14-24(3)15-9-16-25(4)17-10-18-26(5)19-11-20-27(6)21-12-22-28(7)29/h23-27H,8-22H2,1-7H3. The summed E-state index contributed by atoms with van der Waals surface area (Å²) < 4.78 is 0. The first-order valence-corrected chi connectivity index (χ1v) is 13.2. The van der Waals surface area contributed by atoms with E-state index in [0.29, 0.717) is 5.78 Å². The molecule has 0 aliphatic rings. The number of rotatable bonds is 20. The number of hydrogen-bond acceptors (Lipinski definition) is 1. The van der Waals surface area contributed by atoms with Gasteiger partial charge in [0.2, 0.25) is 0 Å². The minimum atomic E-state index is 0.344. The Morgan fingerprint density at radius 3 is 1.03 bits per heavy atom. The second kappa shape index (κ2) is 18.4. The van der Waals surface area contributed by atoms with Gasteiger partial charge in [-0.3, -0.25) is 0 Å². The highest BCUT2D eigenvalue weighted by Gasteiger charge is 2.09. The fourth-order valence-corrected chi connectivity index (χ4v) is 4.60. The SMILES string of the molecule is CC(=O)CCCC(C)CCCC(C)CCCC(C)CCCC(C)CCCC(C)C. The van der Waals surface area contributed by atoms with Crippen LogP contribution >= 0.6 is 0 Å². The van der Waals surface area contributed by atoms with E-state index in [2.05, 4.69) is 41.5 Å². The van der Waals surface area contributed by atoms with Crippen LogP contribution in [0.3, 0.4) is 0 Å². The Balaban J connectivity index is 3.58. The molecule has 0 aliphatic carbocycles. The lowest BCUT2D eigenvalue weighted by atomic mass is 9.89. The molecule has 4 unspecified atom stereocenters. The second-order valence-corrected chi connectivity index (χ2v) is 11.1. The number of carbonyl (C=O) groups excluding carboxylic acids is 1. The largest absolute Gasteiger partial charge is 0.300 e. The summed E-state index contributed by atoms with van der Waals surface area (Å²) in [5.74, 6) is 4.71. The minimum Gasteiger partial charge on any atom is -0.300 e. The molecule has 0 aliphatic heterocycles. The molecule has 29 heavy (non-hydrogen) atoms. The molecule has 0 heterocycles. The predicted octanol–water partition coefficient (Wildman–Crippen LogP) is 9.63. The smallest absolute Gasteiger partial charge is 0.129 e. The summed E-state index contributed by atoms with van der Waals surface area (Å²) in [6.45, 7) is 16.1. The third-order valence-corrected chi connectivity index (χ3v) is 6.89. The van der Waals surface area contributed by atoms with Crippen molar-refractivity contribution in [2.24, 2.45) is 29.6 Å². The van der Waals surface area contributed by atoms with Crippen LogP contribution in [0.5, 0.6) is 0 Å². The fourth-order valence-electron chi connectivity index (χ4n) is 4.60. The lowest BCUT2D eigenvalue weighted by Crippen LogP contribution is -2.02. The van der Waals surface area contributed by atoms with E-state index in [9.17, 15) is 4.79 Å². The number of carbonyl (C=O) groups is 1. The first kappa shape index (κ1) is 28.7. The summed E-state index contributed by atoms with van der Waals surface area (Å²) in [5, 5.41) is 0. The molecule has 1 heteroatoms. The highest BCUT2D eigenvalue weighted by molar-refractivity contribution is 5.75. The van der Waals surface area contributed by atoms with Gasteiger partial charge in [0.15, 0.2) is 0 Å². The quantitative estimate of drug-likeness (QED) is 0.196. The Labute approximate surface area is 185 Å². The van der Waals surface area contributed by atoms with Gasteiger partial charge in [-0.25, -0.2) is 0 Å². The Morgan fingerprint density at radius 1 is 0.483 bits per heavy atom. The zero-order valence-corrected chi connectivity index (χ0v) is 21.4. The molecule has 1 nitrogen and oxygen atoms in total. The van der Waals surface area contributed by atoms with E-state index in [1.165, 1.54) is 83.5 Å². The lowest BCUT2D eigenvalue weighted by molar-refractivity contribution is -0.117. The zero-order chi connectivity index (χ0) is 22.1. The maximum absolute atomic E-state index is 11.0. The van der Waals surface area contributed by atoms with Crippen molar-refractivity contribution in [3.63, 3.8) is 0 Å². The predicted molar refractivity (Wildman–Crippen MR) is 131 cm³/mol. The number of hydrogen-bond donors (Lipinski definition) is 0. The van der Waals surface area contributed by atoms with Gasteiger partial charge in [-0.15, -0.1) is 0 Å². The molecule has 0 amide bonds. The maximum Gasteiger partial charge on any atom is 0.129 e. The molecular formula is C28H56O. The van der Waals surface area contributed by atoms with Crippen molar-refractivity contribution in [1.29, 1.82) is 0 Å². The van der Waals surface area contributed by atoms with Gasteiger partial charge in [0.05, 0.1) is 0 Å². The van der Waals surface area contributed by atoms with Crippen LogP contribution in [0, 0.1) is 29.6 Å². The average molecular weight is 409 g/mol. The third-order valence-electron chi connectivity index (χ3n) is 6.89. The van der Waals surface area contributed by atoms with Gasteiger partial charge in [-0.2, -0.15) is 0 Å². The first-order valence-electron chi connectivity index (χ1n) is 13.2. The molecule has 0 saturated heterocycles. The van der Waals surface area contributed by atoms with Gasteiger partial charge in [0.1, 0.15) is 5.78 Å². The Kier molecular flexibility index (Phi) is 18.2. The van der Waals surface area contributed by atoms with Gasteiger partial charge in [0.25, 0.3) is 0 Å². The van der Waals surface area contributed by atoms with E-state index in [4.69, 9.17) is 0 Å². The van der Waals surface area contributed by atoms with Gasteiger partial charge < -0.3 is 4.79 Å². The molecule has 0 aromatic carbocycles. The first-order chi connectivity index (χ1) is 13.7. The second-order valence-electron chi connectivity index (χ2n) is 11.1. The molecule has 0 fully saturated rings. The zero-order valence-electron chi connectivity index (χ0n) is 21.4. The molecule has 0 aromatic rings. The average Bonchev–Trinajstić information content (AvgIpc) is 2.61. The highest BCUT2D eigenvalue weighted by atomic mass is 16.1. The minimum absolute atomic E-state index is 0.344. The summed E-state index contributed by atoms with van der Waals surface area (Å²) in [5.41, 5.74) is 0. The van der Waals surface area contributed by atoms with Crippen LogP contribution in [-0.4, -0.2) is 5.78 Å². The van der Waals surface area contributed by atoms with Crippen LogP contribution in [0.1, 0.15) is 145 Å². The normalized spacial score (nSPS) is 16.0. The molecule has 174 valence electrons. The molecular weight excluding hydrogens is 352 g/mol. The van der Waals surface area contributed by atoms with Crippen molar-refractivity contribution in [2.75, 3.05) is 0 Å². The molecule has 0 rings (SSSR count). The van der Waals surface area contributed by atoms with Crippen LogP contribution in [0.15, 0.2) is 0 Å². The Hall–Kier alpha value is -0.330. The summed E-state index contributed by atoms with van der Waals surface area (Å²) >= 11 is 0. The molecule has 0 bridgehead atoms. The van der Waals surface area contributed by atoms with Crippen molar-refractivity contribution in [3.05, 3.63) is 0 Å². The van der Waals surface area contributed by atoms with Crippen molar-refractivity contribution >= 4 is 5.78 Å². The molecule has 0 spiro atoms.